The van der Waals surface area contributed by atoms with E-state index in [9.17, 15) is 0 Å². The van der Waals surface area contributed by atoms with Gasteiger partial charge in [0.2, 0.25) is 0 Å². The van der Waals surface area contributed by atoms with Crippen LogP contribution in [0.3, 0.4) is 0 Å². The molecule has 1 heterocycles. The maximum Gasteiger partial charge on any atom is 0.118 e. The molecule has 0 aliphatic carbocycles. The average Bonchev–Trinajstić information content (AvgIpc) is 2.66. The fraction of sp³-hybridized carbons (Fsp3) is 0.818. The molecule has 0 saturated carbocycles. The lowest BCUT2D eigenvalue weighted by atomic mass is 10.3. The van der Waals surface area contributed by atoms with Gasteiger partial charge in [-0.25, -0.2) is 0 Å². The largest absolute Gasteiger partial charge is 0.385 e. The van der Waals surface area contributed by atoms with Gasteiger partial charge in [0.1, 0.15) is 10.0 Å². The van der Waals surface area contributed by atoms with Crippen LogP contribution in [0, 0.1) is 0 Å². The van der Waals surface area contributed by atoms with E-state index in [1.165, 1.54) is 0 Å². The van der Waals surface area contributed by atoms with Gasteiger partial charge in [-0.3, -0.25) is 0 Å². The van der Waals surface area contributed by atoms with Crippen molar-refractivity contribution in [1.82, 2.24) is 15.5 Å². The zero-order chi connectivity index (χ0) is 11.8. The van der Waals surface area contributed by atoms with E-state index in [0.29, 0.717) is 6.04 Å². The summed E-state index contributed by atoms with van der Waals surface area (Å²) < 4.78 is 5.01. The first-order valence-electron chi connectivity index (χ1n) is 5.76. The molecule has 0 atom stereocenters. The summed E-state index contributed by atoms with van der Waals surface area (Å²) in [6, 6.07) is 0.536. The quantitative estimate of drug-likeness (QED) is 0.705. The lowest BCUT2D eigenvalue weighted by Gasteiger charge is -2.05. The zero-order valence-electron chi connectivity index (χ0n) is 10.3. The van der Waals surface area contributed by atoms with Crippen molar-refractivity contribution in [2.45, 2.75) is 39.2 Å². The Hall–Kier alpha value is -0.520. The molecule has 0 aromatic carbocycles. The number of hydrogen-bond acceptors (Lipinski definition) is 5. The van der Waals surface area contributed by atoms with E-state index in [-0.39, 0.29) is 0 Å². The second-order valence-electron chi connectivity index (χ2n) is 4.04. The Labute approximate surface area is 101 Å². The summed E-state index contributed by atoms with van der Waals surface area (Å²) in [6.45, 7) is 6.07. The van der Waals surface area contributed by atoms with E-state index >= 15 is 0 Å². The van der Waals surface area contributed by atoms with Crippen molar-refractivity contribution in [1.29, 1.82) is 0 Å². The van der Waals surface area contributed by atoms with E-state index in [2.05, 4.69) is 29.4 Å². The molecule has 5 heteroatoms. The molecule has 0 unspecified atom stereocenters. The lowest BCUT2D eigenvalue weighted by molar-refractivity contribution is 0.195. The third-order valence-electron chi connectivity index (χ3n) is 2.14. The Balaban J connectivity index is 2.22. The fourth-order valence-corrected chi connectivity index (χ4v) is 2.21. The molecule has 0 fully saturated rings. The highest BCUT2D eigenvalue weighted by Crippen LogP contribution is 2.11. The minimum absolute atomic E-state index is 0.536. The van der Waals surface area contributed by atoms with Gasteiger partial charge in [0.25, 0.3) is 0 Å². The summed E-state index contributed by atoms with van der Waals surface area (Å²) in [5.74, 6) is 0. The van der Waals surface area contributed by atoms with Crippen molar-refractivity contribution in [3.05, 3.63) is 10.0 Å². The van der Waals surface area contributed by atoms with Gasteiger partial charge in [0.15, 0.2) is 0 Å². The van der Waals surface area contributed by atoms with Crippen LogP contribution in [-0.2, 0) is 17.6 Å². The molecule has 1 aromatic rings. The Morgan fingerprint density at radius 2 is 1.94 bits per heavy atom. The van der Waals surface area contributed by atoms with Crippen LogP contribution in [0.4, 0.5) is 0 Å². The van der Waals surface area contributed by atoms with Crippen LogP contribution in [-0.4, -0.2) is 36.5 Å². The second-order valence-corrected chi connectivity index (χ2v) is 5.19. The van der Waals surface area contributed by atoms with E-state index in [1.54, 1.807) is 18.4 Å². The SMILES string of the molecule is COCCCc1nnc(CCNC(C)C)s1. The summed E-state index contributed by atoms with van der Waals surface area (Å²) in [6.07, 6.45) is 2.97. The molecule has 0 spiro atoms. The summed E-state index contributed by atoms with van der Waals surface area (Å²) in [5.41, 5.74) is 0. The highest BCUT2D eigenvalue weighted by Gasteiger charge is 2.04. The van der Waals surface area contributed by atoms with Gasteiger partial charge >= 0.3 is 0 Å². The predicted molar refractivity (Wildman–Crippen MR) is 66.9 cm³/mol. The number of nitrogens with one attached hydrogen (secondary N) is 1. The summed E-state index contributed by atoms with van der Waals surface area (Å²) in [4.78, 5) is 0. The Kier molecular flexibility index (Phi) is 6.52. The van der Waals surface area contributed by atoms with Crippen molar-refractivity contribution in [2.24, 2.45) is 0 Å². The highest BCUT2D eigenvalue weighted by atomic mass is 32.1. The standard InChI is InChI=1S/C11H21N3OS/c1-9(2)12-7-6-11-14-13-10(16-11)5-4-8-15-3/h9,12H,4-8H2,1-3H3. The van der Waals surface area contributed by atoms with Crippen LogP contribution in [0.5, 0.6) is 0 Å². The topological polar surface area (TPSA) is 47.0 Å². The van der Waals surface area contributed by atoms with E-state index in [1.807, 2.05) is 0 Å². The van der Waals surface area contributed by atoms with Crippen molar-refractivity contribution in [3.63, 3.8) is 0 Å². The number of rotatable bonds is 8. The Morgan fingerprint density at radius 3 is 2.56 bits per heavy atom. The molecule has 0 aliphatic rings. The summed E-state index contributed by atoms with van der Waals surface area (Å²) >= 11 is 1.72. The van der Waals surface area contributed by atoms with Crippen LogP contribution >= 0.6 is 11.3 Å². The smallest absolute Gasteiger partial charge is 0.118 e. The van der Waals surface area contributed by atoms with Gasteiger partial charge in [0, 0.05) is 39.1 Å². The number of hydrogen-bond donors (Lipinski definition) is 1. The minimum atomic E-state index is 0.536. The van der Waals surface area contributed by atoms with Crippen LogP contribution in [0.15, 0.2) is 0 Å². The molecule has 0 amide bonds. The first kappa shape index (κ1) is 13.5. The normalized spacial score (nSPS) is 11.2. The molecule has 1 aromatic heterocycles. The molecular weight excluding hydrogens is 222 g/mol. The van der Waals surface area contributed by atoms with Gasteiger partial charge in [-0.2, -0.15) is 0 Å². The summed E-state index contributed by atoms with van der Waals surface area (Å²) in [5, 5.41) is 14.0. The van der Waals surface area contributed by atoms with Crippen molar-refractivity contribution in [2.75, 3.05) is 20.3 Å². The van der Waals surface area contributed by atoms with E-state index in [0.717, 1.165) is 42.4 Å². The predicted octanol–water partition coefficient (Wildman–Crippen LogP) is 1.66. The third-order valence-corrected chi connectivity index (χ3v) is 3.18. The molecular formula is C11H21N3OS. The minimum Gasteiger partial charge on any atom is -0.385 e. The van der Waals surface area contributed by atoms with Crippen molar-refractivity contribution < 1.29 is 4.74 Å². The molecule has 0 saturated heterocycles. The molecule has 0 bridgehead atoms. The average molecular weight is 243 g/mol. The monoisotopic (exact) mass is 243 g/mol. The van der Waals surface area contributed by atoms with Crippen LogP contribution < -0.4 is 5.32 Å². The van der Waals surface area contributed by atoms with Crippen LogP contribution in [0.1, 0.15) is 30.3 Å². The number of methoxy groups -OCH3 is 1. The highest BCUT2D eigenvalue weighted by molar-refractivity contribution is 7.11. The third kappa shape index (κ3) is 5.53. The second kappa shape index (κ2) is 7.70. The maximum absolute atomic E-state index is 5.01. The van der Waals surface area contributed by atoms with Gasteiger partial charge < -0.3 is 10.1 Å². The number of nitrogens with zero attached hydrogens (tertiary/aromatic N) is 2. The van der Waals surface area contributed by atoms with Crippen molar-refractivity contribution in [3.8, 4) is 0 Å². The maximum atomic E-state index is 5.01. The fourth-order valence-electron chi connectivity index (χ4n) is 1.33. The first-order valence-corrected chi connectivity index (χ1v) is 6.57. The Morgan fingerprint density at radius 1 is 1.25 bits per heavy atom. The van der Waals surface area contributed by atoms with Gasteiger partial charge in [-0.05, 0) is 6.42 Å². The number of ether oxygens (including phenoxy) is 1. The van der Waals surface area contributed by atoms with Gasteiger partial charge in [0.05, 0.1) is 0 Å². The first-order chi connectivity index (χ1) is 7.72. The molecule has 0 aliphatic heterocycles. The Bertz CT molecular complexity index is 289. The van der Waals surface area contributed by atoms with E-state index < -0.39 is 0 Å². The van der Waals surface area contributed by atoms with E-state index in [4.69, 9.17) is 4.74 Å². The van der Waals surface area contributed by atoms with Crippen LogP contribution in [0.2, 0.25) is 0 Å². The molecule has 0 radical (unpaired) electrons. The number of aryl methyl sites for hydroxylation is 1. The molecule has 4 nitrogen and oxygen atoms in total. The zero-order valence-corrected chi connectivity index (χ0v) is 11.1. The lowest BCUT2D eigenvalue weighted by Crippen LogP contribution is -2.24. The van der Waals surface area contributed by atoms with Crippen molar-refractivity contribution >= 4 is 11.3 Å². The van der Waals surface area contributed by atoms with Crippen LogP contribution in [0.25, 0.3) is 0 Å². The molecule has 1 N–H and O–H groups in total. The molecule has 1 rings (SSSR count). The molecule has 16 heavy (non-hydrogen) atoms. The van der Waals surface area contributed by atoms with Gasteiger partial charge in [-0.1, -0.05) is 13.8 Å². The summed E-state index contributed by atoms with van der Waals surface area (Å²) in [7, 11) is 1.73. The van der Waals surface area contributed by atoms with Gasteiger partial charge in [-0.15, -0.1) is 21.5 Å². The number of aromatic nitrogens is 2. The molecule has 92 valence electrons.